The highest BCUT2D eigenvalue weighted by atomic mass is 32.1. The van der Waals surface area contributed by atoms with Gasteiger partial charge in [-0.05, 0) is 48.1 Å². The number of rotatable bonds is 5. The van der Waals surface area contributed by atoms with Crippen molar-refractivity contribution in [1.82, 2.24) is 5.32 Å². The summed E-state index contributed by atoms with van der Waals surface area (Å²) in [6.45, 7) is 2.78. The first-order valence-corrected chi connectivity index (χ1v) is 11.7. The number of nitrogens with one attached hydrogen (secondary N) is 1. The van der Waals surface area contributed by atoms with Crippen molar-refractivity contribution in [2.45, 2.75) is 18.9 Å². The Morgan fingerprint density at radius 2 is 1.84 bits per heavy atom. The second kappa shape index (κ2) is 8.71. The number of anilines is 2. The normalized spacial score (nSPS) is 20.2. The molecular formula is C25H26FN3OS. The average Bonchev–Trinajstić information content (AvgIpc) is 3.32. The summed E-state index contributed by atoms with van der Waals surface area (Å²) < 4.78 is 14.5. The Hall–Kier alpha value is -2.86. The number of halogens is 1. The monoisotopic (exact) mass is 435 g/mol. The van der Waals surface area contributed by atoms with E-state index in [4.69, 9.17) is 0 Å². The van der Waals surface area contributed by atoms with Gasteiger partial charge in [0.05, 0.1) is 17.6 Å². The van der Waals surface area contributed by atoms with E-state index < -0.39 is 0 Å². The molecule has 1 amide bonds. The van der Waals surface area contributed by atoms with E-state index in [1.807, 2.05) is 24.3 Å². The van der Waals surface area contributed by atoms with Gasteiger partial charge in [0, 0.05) is 36.7 Å². The number of thiophene rings is 1. The molecule has 5 rings (SSSR count). The van der Waals surface area contributed by atoms with Gasteiger partial charge in [0.15, 0.2) is 0 Å². The largest absolute Gasteiger partial charge is 0.365 e. The highest BCUT2D eigenvalue weighted by Gasteiger charge is 2.41. The van der Waals surface area contributed by atoms with Gasteiger partial charge < -0.3 is 15.1 Å². The zero-order valence-electron chi connectivity index (χ0n) is 17.3. The fourth-order valence-electron chi connectivity index (χ4n) is 4.88. The maximum atomic E-state index is 14.5. The molecule has 2 aliphatic rings. The van der Waals surface area contributed by atoms with Gasteiger partial charge in [-0.15, -0.1) is 11.3 Å². The quantitative estimate of drug-likeness (QED) is 0.655. The van der Waals surface area contributed by atoms with Crippen LogP contribution in [-0.2, 0) is 17.6 Å². The van der Waals surface area contributed by atoms with E-state index in [0.29, 0.717) is 25.2 Å². The van der Waals surface area contributed by atoms with Crippen LogP contribution in [0.5, 0.6) is 0 Å². The molecule has 160 valence electrons. The molecule has 2 aromatic carbocycles. The fraction of sp³-hybridized carbons (Fsp3) is 0.320. The molecule has 2 atom stereocenters. The second-order valence-corrected chi connectivity index (χ2v) is 9.25. The number of hydrogen-bond donors (Lipinski definition) is 1. The maximum absolute atomic E-state index is 14.5. The third kappa shape index (κ3) is 4.04. The van der Waals surface area contributed by atoms with Crippen LogP contribution in [0.25, 0.3) is 0 Å². The van der Waals surface area contributed by atoms with E-state index in [1.165, 1.54) is 22.2 Å². The Kier molecular flexibility index (Phi) is 5.64. The lowest BCUT2D eigenvalue weighted by Crippen LogP contribution is -2.61. The smallest absolute Gasteiger partial charge is 0.225 e. The van der Waals surface area contributed by atoms with Crippen molar-refractivity contribution >= 4 is 28.6 Å². The van der Waals surface area contributed by atoms with Crippen molar-refractivity contribution < 1.29 is 9.18 Å². The zero-order valence-corrected chi connectivity index (χ0v) is 18.2. The molecule has 0 spiro atoms. The number of benzene rings is 2. The van der Waals surface area contributed by atoms with Crippen LogP contribution in [0.3, 0.4) is 0 Å². The third-order valence-corrected chi connectivity index (χ3v) is 7.34. The maximum Gasteiger partial charge on any atom is 0.225 e. The van der Waals surface area contributed by atoms with E-state index in [9.17, 15) is 9.18 Å². The molecule has 4 nitrogen and oxygen atoms in total. The van der Waals surface area contributed by atoms with E-state index >= 15 is 0 Å². The van der Waals surface area contributed by atoms with Crippen molar-refractivity contribution in [2.75, 3.05) is 36.0 Å². The van der Waals surface area contributed by atoms with Gasteiger partial charge in [-0.2, -0.15) is 0 Å². The third-order valence-electron chi connectivity index (χ3n) is 6.40. The number of amides is 1. The zero-order chi connectivity index (χ0) is 21.2. The lowest BCUT2D eigenvalue weighted by molar-refractivity contribution is -0.125. The van der Waals surface area contributed by atoms with Crippen molar-refractivity contribution in [2.24, 2.45) is 5.92 Å². The summed E-state index contributed by atoms with van der Waals surface area (Å²) >= 11 is 1.72. The van der Waals surface area contributed by atoms with Gasteiger partial charge in [-0.25, -0.2) is 4.39 Å². The fourth-order valence-corrected chi connectivity index (χ4v) is 5.59. The first kappa shape index (κ1) is 20.1. The minimum atomic E-state index is -0.205. The van der Waals surface area contributed by atoms with Gasteiger partial charge in [-0.1, -0.05) is 36.4 Å². The van der Waals surface area contributed by atoms with Crippen LogP contribution >= 0.6 is 11.3 Å². The number of para-hydroxylation sites is 2. The summed E-state index contributed by atoms with van der Waals surface area (Å²) in [4.78, 5) is 19.0. The molecule has 1 fully saturated rings. The molecule has 1 saturated heterocycles. The van der Waals surface area contributed by atoms with Crippen LogP contribution in [0.15, 0.2) is 66.0 Å². The number of nitrogens with zero attached hydrogens (tertiary/aromatic N) is 2. The summed E-state index contributed by atoms with van der Waals surface area (Å²) in [6, 6.07) is 19.5. The summed E-state index contributed by atoms with van der Waals surface area (Å²) in [5.74, 6) is -0.270. The molecule has 0 radical (unpaired) electrons. The molecule has 3 heterocycles. The van der Waals surface area contributed by atoms with E-state index in [0.717, 1.165) is 19.5 Å². The first-order valence-electron chi connectivity index (χ1n) is 10.8. The molecule has 0 aliphatic carbocycles. The van der Waals surface area contributed by atoms with E-state index in [2.05, 4.69) is 44.8 Å². The minimum Gasteiger partial charge on any atom is -0.365 e. The Balaban J connectivity index is 1.37. The summed E-state index contributed by atoms with van der Waals surface area (Å²) in [6.07, 6.45) is 1.57. The molecule has 0 saturated carbocycles. The van der Waals surface area contributed by atoms with Gasteiger partial charge in [0.25, 0.3) is 0 Å². The van der Waals surface area contributed by atoms with Crippen LogP contribution in [0.1, 0.15) is 10.4 Å². The van der Waals surface area contributed by atoms with Crippen LogP contribution < -0.4 is 15.1 Å². The summed E-state index contributed by atoms with van der Waals surface area (Å²) in [5, 5.41) is 5.23. The predicted octanol–water partition coefficient (Wildman–Crippen LogP) is 4.11. The van der Waals surface area contributed by atoms with E-state index in [-0.39, 0.29) is 23.7 Å². The number of carbonyl (C=O) groups is 1. The van der Waals surface area contributed by atoms with Gasteiger partial charge in [0.1, 0.15) is 5.82 Å². The van der Waals surface area contributed by atoms with Crippen molar-refractivity contribution in [3.63, 3.8) is 0 Å². The molecule has 0 bridgehead atoms. The topological polar surface area (TPSA) is 35.6 Å². The Bertz CT molecular complexity index is 1050. The van der Waals surface area contributed by atoms with E-state index in [1.54, 1.807) is 17.4 Å². The summed E-state index contributed by atoms with van der Waals surface area (Å²) in [5.41, 5.74) is 3.05. The number of carbonyl (C=O) groups excluding carboxylic acids is 1. The molecule has 1 N–H and O–H groups in total. The van der Waals surface area contributed by atoms with Crippen LogP contribution in [0.2, 0.25) is 0 Å². The van der Waals surface area contributed by atoms with Crippen LogP contribution in [0.4, 0.5) is 15.8 Å². The van der Waals surface area contributed by atoms with Crippen molar-refractivity contribution in [3.8, 4) is 0 Å². The van der Waals surface area contributed by atoms with Crippen LogP contribution in [-0.4, -0.2) is 38.1 Å². The molecule has 0 unspecified atom stereocenters. The Morgan fingerprint density at radius 3 is 2.65 bits per heavy atom. The molecule has 6 heteroatoms. The van der Waals surface area contributed by atoms with Gasteiger partial charge >= 0.3 is 0 Å². The van der Waals surface area contributed by atoms with Gasteiger partial charge in [0.2, 0.25) is 5.91 Å². The highest BCUT2D eigenvalue weighted by Crippen LogP contribution is 2.37. The minimum absolute atomic E-state index is 0.0185. The number of piperazine rings is 1. The molecule has 31 heavy (non-hydrogen) atoms. The molecule has 2 aliphatic heterocycles. The predicted molar refractivity (Wildman–Crippen MR) is 124 cm³/mol. The standard InChI is InChI=1S/C25H26FN3OS/c26-21-8-2-4-10-23(21)28-13-14-29-22-9-3-1-6-18(22)16-20(24(29)17-28)25(30)27-12-11-19-7-5-15-31-19/h1-10,15,20,24H,11-14,16-17H2,(H,27,30)/t20-,24-/m1/s1. The SMILES string of the molecule is O=C(NCCc1cccs1)[C@@H]1Cc2ccccc2N2CCN(c3ccccc3F)C[C@H]12. The molecular weight excluding hydrogens is 409 g/mol. The Labute approximate surface area is 186 Å². The number of hydrogen-bond acceptors (Lipinski definition) is 4. The second-order valence-electron chi connectivity index (χ2n) is 8.22. The number of fused-ring (bicyclic) bond motifs is 3. The van der Waals surface area contributed by atoms with Gasteiger partial charge in [-0.3, -0.25) is 4.79 Å². The highest BCUT2D eigenvalue weighted by molar-refractivity contribution is 7.09. The van der Waals surface area contributed by atoms with Crippen LogP contribution in [0, 0.1) is 11.7 Å². The average molecular weight is 436 g/mol. The summed E-state index contributed by atoms with van der Waals surface area (Å²) in [7, 11) is 0. The van der Waals surface area contributed by atoms with Crippen molar-refractivity contribution in [3.05, 3.63) is 82.3 Å². The lowest BCUT2D eigenvalue weighted by Gasteiger charge is -2.49. The molecule has 1 aromatic heterocycles. The Morgan fingerprint density at radius 1 is 1.03 bits per heavy atom. The first-order chi connectivity index (χ1) is 15.2. The molecule has 3 aromatic rings. The van der Waals surface area contributed by atoms with Crippen molar-refractivity contribution in [1.29, 1.82) is 0 Å². The lowest BCUT2D eigenvalue weighted by atomic mass is 9.83.